The molecule has 0 aromatic carbocycles. The summed E-state index contributed by atoms with van der Waals surface area (Å²) in [4.78, 5) is 27.0. The summed E-state index contributed by atoms with van der Waals surface area (Å²) >= 11 is 0. The van der Waals surface area contributed by atoms with Crippen LogP contribution in [0.1, 0.15) is 17.4 Å². The molecule has 9 nitrogen and oxygen atoms in total. The standard InChI is InChI=1S/C22H22N6O3/c1-13-12-31-10-9-28(13)19-11-15(16-3-4-18(25-16)22(29)30-2)14-5-7-23-21(20(14)26-19)17-6-8-24-27-17/h3-8,11,13,25H,9-10,12H2,1-2H3,(H,24,27)/t13-/m1/s1. The highest BCUT2D eigenvalue weighted by atomic mass is 16.5. The van der Waals surface area contributed by atoms with Crippen molar-refractivity contribution in [1.29, 1.82) is 0 Å². The van der Waals surface area contributed by atoms with Crippen LogP contribution in [0, 0.1) is 0 Å². The fourth-order valence-corrected chi connectivity index (χ4v) is 3.94. The average molecular weight is 418 g/mol. The third-order valence-corrected chi connectivity index (χ3v) is 5.51. The third kappa shape index (κ3) is 3.42. The fourth-order valence-electron chi connectivity index (χ4n) is 3.94. The molecule has 0 unspecified atom stereocenters. The summed E-state index contributed by atoms with van der Waals surface area (Å²) in [6.07, 6.45) is 3.45. The van der Waals surface area contributed by atoms with Gasteiger partial charge in [-0.1, -0.05) is 0 Å². The van der Waals surface area contributed by atoms with E-state index in [1.165, 1.54) is 7.11 Å². The number of hydrogen-bond acceptors (Lipinski definition) is 7. The number of hydrogen-bond donors (Lipinski definition) is 2. The van der Waals surface area contributed by atoms with Crippen molar-refractivity contribution < 1.29 is 14.3 Å². The van der Waals surface area contributed by atoms with Crippen molar-refractivity contribution in [2.24, 2.45) is 0 Å². The first kappa shape index (κ1) is 19.3. The molecule has 5 heterocycles. The van der Waals surface area contributed by atoms with E-state index in [2.05, 4.69) is 32.0 Å². The van der Waals surface area contributed by atoms with Crippen LogP contribution >= 0.6 is 0 Å². The summed E-state index contributed by atoms with van der Waals surface area (Å²) in [7, 11) is 1.37. The Hall–Kier alpha value is -3.72. The number of nitrogens with zero attached hydrogens (tertiary/aromatic N) is 4. The molecule has 0 bridgehead atoms. The van der Waals surface area contributed by atoms with E-state index in [-0.39, 0.29) is 6.04 Å². The second-order valence-corrected chi connectivity index (χ2v) is 7.45. The third-order valence-electron chi connectivity index (χ3n) is 5.51. The maximum absolute atomic E-state index is 12.0. The van der Waals surface area contributed by atoms with Gasteiger partial charge < -0.3 is 19.4 Å². The highest BCUT2D eigenvalue weighted by Gasteiger charge is 2.23. The van der Waals surface area contributed by atoms with Gasteiger partial charge in [-0.25, -0.2) is 9.78 Å². The van der Waals surface area contributed by atoms with Gasteiger partial charge in [0.25, 0.3) is 0 Å². The molecule has 1 aliphatic rings. The number of methoxy groups -OCH3 is 1. The smallest absolute Gasteiger partial charge is 0.354 e. The van der Waals surface area contributed by atoms with Gasteiger partial charge in [0.15, 0.2) is 0 Å². The summed E-state index contributed by atoms with van der Waals surface area (Å²) in [5, 5.41) is 7.97. The summed E-state index contributed by atoms with van der Waals surface area (Å²) in [6.45, 7) is 4.16. The Kier molecular flexibility index (Phi) is 4.87. The van der Waals surface area contributed by atoms with E-state index in [9.17, 15) is 4.79 Å². The topological polar surface area (TPSA) is 109 Å². The maximum Gasteiger partial charge on any atom is 0.354 e. The Balaban J connectivity index is 1.74. The van der Waals surface area contributed by atoms with Gasteiger partial charge in [-0.3, -0.25) is 10.1 Å². The molecule has 158 valence electrons. The molecule has 0 saturated carbocycles. The van der Waals surface area contributed by atoms with Crippen LogP contribution in [-0.2, 0) is 9.47 Å². The highest BCUT2D eigenvalue weighted by Crippen LogP contribution is 2.35. The molecule has 0 aliphatic carbocycles. The first-order chi connectivity index (χ1) is 15.2. The van der Waals surface area contributed by atoms with Crippen LogP contribution in [-0.4, -0.2) is 64.0 Å². The van der Waals surface area contributed by atoms with E-state index in [1.54, 1.807) is 18.5 Å². The molecule has 9 heteroatoms. The Bertz CT molecular complexity index is 1230. The van der Waals surface area contributed by atoms with Gasteiger partial charge in [0.1, 0.15) is 22.7 Å². The zero-order valence-corrected chi connectivity index (χ0v) is 17.3. The number of ether oxygens (including phenoxy) is 2. The maximum atomic E-state index is 12.0. The Morgan fingerprint density at radius 3 is 2.90 bits per heavy atom. The Morgan fingerprint density at radius 2 is 2.13 bits per heavy atom. The molecule has 4 aromatic heterocycles. The minimum Gasteiger partial charge on any atom is -0.464 e. The predicted octanol–water partition coefficient (Wildman–Crippen LogP) is 3.03. The van der Waals surface area contributed by atoms with Gasteiger partial charge in [-0.05, 0) is 37.3 Å². The molecule has 1 atom stereocenters. The number of aromatic amines is 2. The number of anilines is 1. The second kappa shape index (κ2) is 7.84. The fraction of sp³-hybridized carbons (Fsp3) is 0.273. The normalized spacial score (nSPS) is 16.6. The van der Waals surface area contributed by atoms with Crippen LogP contribution < -0.4 is 4.90 Å². The number of H-pyrrole nitrogens is 2. The van der Waals surface area contributed by atoms with E-state index in [0.29, 0.717) is 18.9 Å². The lowest BCUT2D eigenvalue weighted by Crippen LogP contribution is -2.44. The van der Waals surface area contributed by atoms with E-state index in [1.807, 2.05) is 24.3 Å². The number of carbonyl (C=O) groups is 1. The quantitative estimate of drug-likeness (QED) is 0.490. The molecular formula is C22H22N6O3. The monoisotopic (exact) mass is 418 g/mol. The van der Waals surface area contributed by atoms with Crippen LogP contribution in [0.5, 0.6) is 0 Å². The Morgan fingerprint density at radius 1 is 1.23 bits per heavy atom. The SMILES string of the molecule is COC(=O)c1ccc(-c2cc(N3CCOC[C@H]3C)nc3c(-c4ccn[nH]4)nccc23)[nH]1. The van der Waals surface area contributed by atoms with Crippen LogP contribution in [0.25, 0.3) is 33.5 Å². The number of carbonyl (C=O) groups excluding carboxylic acids is 1. The molecule has 1 fully saturated rings. The van der Waals surface area contributed by atoms with E-state index in [0.717, 1.165) is 45.9 Å². The largest absolute Gasteiger partial charge is 0.464 e. The number of pyridine rings is 2. The van der Waals surface area contributed by atoms with Gasteiger partial charge >= 0.3 is 5.97 Å². The average Bonchev–Trinajstić information content (AvgIpc) is 3.50. The zero-order chi connectivity index (χ0) is 21.4. The number of rotatable bonds is 4. The van der Waals surface area contributed by atoms with Crippen molar-refractivity contribution in [3.05, 3.63) is 48.4 Å². The number of aromatic nitrogens is 5. The van der Waals surface area contributed by atoms with Gasteiger partial charge in [-0.2, -0.15) is 5.10 Å². The molecule has 4 aromatic rings. The molecule has 0 amide bonds. The van der Waals surface area contributed by atoms with Crippen molar-refractivity contribution in [2.45, 2.75) is 13.0 Å². The predicted molar refractivity (Wildman–Crippen MR) is 116 cm³/mol. The van der Waals surface area contributed by atoms with Crippen molar-refractivity contribution in [1.82, 2.24) is 25.1 Å². The molecular weight excluding hydrogens is 396 g/mol. The summed E-state index contributed by atoms with van der Waals surface area (Å²) in [5.41, 5.74) is 4.39. The van der Waals surface area contributed by atoms with E-state index in [4.69, 9.17) is 14.5 Å². The molecule has 0 spiro atoms. The van der Waals surface area contributed by atoms with Crippen LogP contribution in [0.3, 0.4) is 0 Å². The lowest BCUT2D eigenvalue weighted by molar-refractivity contribution is 0.0595. The van der Waals surface area contributed by atoms with Crippen LogP contribution in [0.15, 0.2) is 42.7 Å². The van der Waals surface area contributed by atoms with Crippen LogP contribution in [0.4, 0.5) is 5.82 Å². The summed E-state index contributed by atoms with van der Waals surface area (Å²) in [6, 6.07) is 9.65. The van der Waals surface area contributed by atoms with E-state index >= 15 is 0 Å². The van der Waals surface area contributed by atoms with Crippen molar-refractivity contribution in [3.8, 4) is 22.6 Å². The minimum absolute atomic E-state index is 0.188. The van der Waals surface area contributed by atoms with Crippen LogP contribution in [0.2, 0.25) is 0 Å². The summed E-state index contributed by atoms with van der Waals surface area (Å²) < 4.78 is 10.5. The van der Waals surface area contributed by atoms with Gasteiger partial charge in [-0.15, -0.1) is 0 Å². The molecule has 0 radical (unpaired) electrons. The first-order valence-electron chi connectivity index (χ1n) is 10.1. The number of fused-ring (bicyclic) bond motifs is 1. The van der Waals surface area contributed by atoms with Crippen molar-refractivity contribution in [3.63, 3.8) is 0 Å². The molecule has 2 N–H and O–H groups in total. The lowest BCUT2D eigenvalue weighted by Gasteiger charge is -2.34. The van der Waals surface area contributed by atoms with Crippen molar-refractivity contribution in [2.75, 3.05) is 31.8 Å². The molecule has 1 aliphatic heterocycles. The minimum atomic E-state index is -0.411. The lowest BCUT2D eigenvalue weighted by atomic mass is 10.0. The Labute approximate surface area is 178 Å². The number of morpholine rings is 1. The van der Waals surface area contributed by atoms with Gasteiger partial charge in [0.2, 0.25) is 0 Å². The molecule has 1 saturated heterocycles. The van der Waals surface area contributed by atoms with E-state index < -0.39 is 5.97 Å². The van der Waals surface area contributed by atoms with Gasteiger partial charge in [0, 0.05) is 35.6 Å². The highest BCUT2D eigenvalue weighted by molar-refractivity contribution is 6.01. The second-order valence-electron chi connectivity index (χ2n) is 7.45. The van der Waals surface area contributed by atoms with Gasteiger partial charge in [0.05, 0.1) is 32.1 Å². The zero-order valence-electron chi connectivity index (χ0n) is 17.3. The first-order valence-corrected chi connectivity index (χ1v) is 10.1. The number of nitrogens with one attached hydrogen (secondary N) is 2. The summed E-state index contributed by atoms with van der Waals surface area (Å²) in [5.74, 6) is 0.424. The van der Waals surface area contributed by atoms with Crippen molar-refractivity contribution >= 4 is 22.7 Å². The number of esters is 1. The molecule has 5 rings (SSSR count). The molecule has 31 heavy (non-hydrogen) atoms.